The van der Waals surface area contributed by atoms with E-state index in [1.807, 2.05) is 29.8 Å². The Kier molecular flexibility index (Phi) is 5.89. The zero-order valence-electron chi connectivity index (χ0n) is 18.2. The monoisotopic (exact) mass is 412 g/mol. The number of anilines is 2. The number of benzene rings is 2. The molecule has 0 spiro atoms. The molecule has 0 unspecified atom stereocenters. The largest absolute Gasteiger partial charge is 0.384 e. The quantitative estimate of drug-likeness (QED) is 0.365. The molecule has 0 amide bonds. The third kappa shape index (κ3) is 4.38. The smallest absolute Gasteiger partial charge is 0.181 e. The highest BCUT2D eigenvalue weighted by Gasteiger charge is 2.13. The molecule has 0 saturated heterocycles. The molecule has 0 saturated carbocycles. The number of fused-ring (bicyclic) bond motifs is 1. The predicted molar refractivity (Wildman–Crippen MR) is 129 cm³/mol. The molecule has 2 heterocycles. The van der Waals surface area contributed by atoms with Gasteiger partial charge in [-0.15, -0.1) is 0 Å². The molecule has 0 atom stereocenters. The summed E-state index contributed by atoms with van der Waals surface area (Å²) in [4.78, 5) is 4.87. The van der Waals surface area contributed by atoms with Crippen molar-refractivity contribution in [2.45, 2.75) is 13.8 Å². The topological polar surface area (TPSA) is 66.3 Å². The number of hydrogen-bond acceptors (Lipinski definition) is 5. The Morgan fingerprint density at radius 2 is 1.87 bits per heavy atom. The number of rotatable bonds is 8. The lowest BCUT2D eigenvalue weighted by molar-refractivity contribution is 0.864. The molecule has 0 bridgehead atoms. The van der Waals surface area contributed by atoms with Crippen LogP contribution in [0.15, 0.2) is 67.4 Å². The van der Waals surface area contributed by atoms with Gasteiger partial charge in [-0.3, -0.25) is 0 Å². The number of nitrogens with zero attached hydrogens (tertiary/aromatic N) is 3. The molecule has 0 aliphatic rings. The highest BCUT2D eigenvalue weighted by atomic mass is 15.3. The minimum atomic E-state index is 0.714. The first-order valence-corrected chi connectivity index (χ1v) is 10.4. The maximum atomic E-state index is 4.87. The number of aryl methyl sites for hydroxylation is 2. The average molecular weight is 413 g/mol. The minimum absolute atomic E-state index is 0.714. The zero-order valence-corrected chi connectivity index (χ0v) is 18.2. The Morgan fingerprint density at radius 1 is 1.03 bits per heavy atom. The molecule has 31 heavy (non-hydrogen) atoms. The lowest BCUT2D eigenvalue weighted by Gasteiger charge is -2.14. The van der Waals surface area contributed by atoms with Crippen LogP contribution in [0.1, 0.15) is 16.7 Å². The van der Waals surface area contributed by atoms with Gasteiger partial charge in [0.15, 0.2) is 5.65 Å². The molecule has 4 aromatic rings. The highest BCUT2D eigenvalue weighted by molar-refractivity contribution is 5.75. The van der Waals surface area contributed by atoms with E-state index >= 15 is 0 Å². The van der Waals surface area contributed by atoms with Gasteiger partial charge in [-0.1, -0.05) is 54.6 Å². The summed E-state index contributed by atoms with van der Waals surface area (Å²) in [6.45, 7) is 9.80. The van der Waals surface area contributed by atoms with Gasteiger partial charge in [-0.05, 0) is 31.0 Å². The van der Waals surface area contributed by atoms with Crippen LogP contribution in [0.4, 0.5) is 11.5 Å². The zero-order chi connectivity index (χ0) is 21.8. The van der Waals surface area contributed by atoms with Crippen molar-refractivity contribution in [3.63, 3.8) is 0 Å². The SMILES string of the molecule is C=C(NCCNc1cc(-c2ccccc2C)nc2c(NC)cnn12)c1cccc(C)c1. The van der Waals surface area contributed by atoms with Crippen molar-refractivity contribution in [3.8, 4) is 11.3 Å². The van der Waals surface area contributed by atoms with E-state index in [-0.39, 0.29) is 0 Å². The van der Waals surface area contributed by atoms with Crippen LogP contribution in [-0.2, 0) is 0 Å². The van der Waals surface area contributed by atoms with Crippen molar-refractivity contribution in [2.75, 3.05) is 30.8 Å². The summed E-state index contributed by atoms with van der Waals surface area (Å²) in [6, 6.07) is 18.7. The molecule has 3 N–H and O–H groups in total. The van der Waals surface area contributed by atoms with Crippen molar-refractivity contribution < 1.29 is 0 Å². The average Bonchev–Trinajstić information content (AvgIpc) is 3.20. The van der Waals surface area contributed by atoms with Crippen molar-refractivity contribution in [3.05, 3.63) is 84.1 Å². The second kappa shape index (κ2) is 8.92. The maximum absolute atomic E-state index is 4.87. The van der Waals surface area contributed by atoms with E-state index in [0.29, 0.717) is 6.54 Å². The normalized spacial score (nSPS) is 10.8. The van der Waals surface area contributed by atoms with Crippen LogP contribution in [-0.4, -0.2) is 34.7 Å². The first kappa shape index (κ1) is 20.5. The first-order valence-electron chi connectivity index (χ1n) is 10.4. The molecule has 6 nitrogen and oxygen atoms in total. The van der Waals surface area contributed by atoms with E-state index in [4.69, 9.17) is 4.98 Å². The first-order chi connectivity index (χ1) is 15.1. The van der Waals surface area contributed by atoms with Gasteiger partial charge in [0, 0.05) is 37.5 Å². The second-order valence-corrected chi connectivity index (χ2v) is 7.59. The molecule has 0 radical (unpaired) electrons. The van der Waals surface area contributed by atoms with Crippen molar-refractivity contribution >= 4 is 22.8 Å². The standard InChI is InChI=1S/C25H28N6/c1-17-8-7-10-20(14-17)19(3)27-12-13-28-24-15-22(21-11-6-5-9-18(21)2)30-25-23(26-4)16-29-31(24)25/h5-11,14-16,26-28H,3,12-13H2,1-2,4H3. The molecule has 0 aliphatic heterocycles. The maximum Gasteiger partial charge on any atom is 0.181 e. The van der Waals surface area contributed by atoms with Gasteiger partial charge >= 0.3 is 0 Å². The van der Waals surface area contributed by atoms with Crippen LogP contribution < -0.4 is 16.0 Å². The molecular weight excluding hydrogens is 384 g/mol. The summed E-state index contributed by atoms with van der Waals surface area (Å²) >= 11 is 0. The van der Waals surface area contributed by atoms with Gasteiger partial charge in [0.1, 0.15) is 5.82 Å². The van der Waals surface area contributed by atoms with Gasteiger partial charge < -0.3 is 16.0 Å². The van der Waals surface area contributed by atoms with E-state index in [1.54, 1.807) is 6.20 Å². The fourth-order valence-corrected chi connectivity index (χ4v) is 3.60. The Balaban J connectivity index is 1.53. The van der Waals surface area contributed by atoms with Crippen LogP contribution in [0, 0.1) is 13.8 Å². The molecule has 0 aliphatic carbocycles. The van der Waals surface area contributed by atoms with Gasteiger partial charge in [0.25, 0.3) is 0 Å². The van der Waals surface area contributed by atoms with Crippen molar-refractivity contribution in [1.29, 1.82) is 0 Å². The van der Waals surface area contributed by atoms with Crippen molar-refractivity contribution in [1.82, 2.24) is 19.9 Å². The number of aromatic nitrogens is 3. The van der Waals surface area contributed by atoms with Crippen LogP contribution in [0.3, 0.4) is 0 Å². The molecular formula is C25H28N6. The minimum Gasteiger partial charge on any atom is -0.384 e. The lowest BCUT2D eigenvalue weighted by Crippen LogP contribution is -2.21. The fourth-order valence-electron chi connectivity index (χ4n) is 3.60. The molecule has 2 aromatic heterocycles. The van der Waals surface area contributed by atoms with E-state index in [1.165, 1.54) is 11.1 Å². The predicted octanol–water partition coefficient (Wildman–Crippen LogP) is 4.73. The Bertz CT molecular complexity index is 1220. The van der Waals surface area contributed by atoms with E-state index in [0.717, 1.165) is 46.2 Å². The van der Waals surface area contributed by atoms with Crippen LogP contribution in [0.25, 0.3) is 22.6 Å². The van der Waals surface area contributed by atoms with Crippen LogP contribution in [0.5, 0.6) is 0 Å². The van der Waals surface area contributed by atoms with Gasteiger partial charge in [0.2, 0.25) is 0 Å². The molecule has 2 aromatic carbocycles. The van der Waals surface area contributed by atoms with Gasteiger partial charge in [-0.25, -0.2) is 4.98 Å². The number of nitrogens with one attached hydrogen (secondary N) is 3. The lowest BCUT2D eigenvalue weighted by atomic mass is 10.1. The molecule has 4 rings (SSSR count). The summed E-state index contributed by atoms with van der Waals surface area (Å²) in [6.07, 6.45) is 1.80. The van der Waals surface area contributed by atoms with Crippen molar-refractivity contribution in [2.24, 2.45) is 0 Å². The Morgan fingerprint density at radius 3 is 2.65 bits per heavy atom. The second-order valence-electron chi connectivity index (χ2n) is 7.59. The fraction of sp³-hybridized carbons (Fsp3) is 0.200. The third-order valence-electron chi connectivity index (χ3n) is 5.30. The summed E-state index contributed by atoms with van der Waals surface area (Å²) in [5.74, 6) is 0.896. The summed E-state index contributed by atoms with van der Waals surface area (Å²) in [7, 11) is 1.88. The molecule has 6 heteroatoms. The van der Waals surface area contributed by atoms with Gasteiger partial charge in [-0.2, -0.15) is 9.61 Å². The third-order valence-corrected chi connectivity index (χ3v) is 5.30. The van der Waals surface area contributed by atoms with Crippen LogP contribution in [0.2, 0.25) is 0 Å². The van der Waals surface area contributed by atoms with Gasteiger partial charge in [0.05, 0.1) is 17.6 Å². The molecule has 0 fully saturated rings. The Hall–Kier alpha value is -3.80. The summed E-state index contributed by atoms with van der Waals surface area (Å²) < 4.78 is 1.84. The highest BCUT2D eigenvalue weighted by Crippen LogP contribution is 2.27. The van der Waals surface area contributed by atoms with E-state index < -0.39 is 0 Å². The summed E-state index contributed by atoms with van der Waals surface area (Å²) in [5, 5.41) is 14.6. The van der Waals surface area contributed by atoms with Crippen LogP contribution >= 0.6 is 0 Å². The summed E-state index contributed by atoms with van der Waals surface area (Å²) in [5.41, 5.74) is 8.16. The van der Waals surface area contributed by atoms with E-state index in [9.17, 15) is 0 Å². The van der Waals surface area contributed by atoms with E-state index in [2.05, 4.69) is 77.9 Å². The Labute approximate surface area is 183 Å². The number of hydrogen-bond donors (Lipinski definition) is 3. The molecule has 158 valence electrons.